The van der Waals surface area contributed by atoms with Gasteiger partial charge in [-0.1, -0.05) is 177 Å². The second-order valence-corrected chi connectivity index (χ2v) is 16.7. The van der Waals surface area contributed by atoms with E-state index < -0.39 is 13.9 Å². The Morgan fingerprint density at radius 2 is 0.966 bits per heavy atom. The summed E-state index contributed by atoms with van der Waals surface area (Å²) in [7, 11) is -4.29. The Hall–Kier alpha value is -2.06. The molecule has 0 spiro atoms. The Balaban J connectivity index is 3.98. The van der Waals surface area contributed by atoms with Gasteiger partial charge >= 0.3 is 13.8 Å². The van der Waals surface area contributed by atoms with Gasteiger partial charge in [-0.05, 0) is 83.5 Å². The molecule has 0 fully saturated rings. The summed E-state index contributed by atoms with van der Waals surface area (Å²) in [6, 6.07) is 0. The second kappa shape index (κ2) is 46.0. The molecule has 0 aliphatic carbocycles. The lowest BCUT2D eigenvalue weighted by atomic mass is 10.1. The van der Waals surface area contributed by atoms with Crippen molar-refractivity contribution in [3.8, 4) is 0 Å². The van der Waals surface area contributed by atoms with Crippen molar-refractivity contribution in [3.63, 3.8) is 0 Å². The van der Waals surface area contributed by atoms with Crippen LogP contribution in [0, 0.1) is 0 Å². The molecule has 0 saturated carbocycles. The van der Waals surface area contributed by atoms with E-state index in [0.29, 0.717) is 13.0 Å². The van der Waals surface area contributed by atoms with Gasteiger partial charge in [0, 0.05) is 19.6 Å². The third-order valence-corrected chi connectivity index (χ3v) is 10.6. The van der Waals surface area contributed by atoms with E-state index in [0.717, 1.165) is 83.5 Å². The first-order chi connectivity index (χ1) is 28.4. The third-order valence-electron chi connectivity index (χ3n) is 9.61. The molecule has 58 heavy (non-hydrogen) atoms. The maximum absolute atomic E-state index is 12.6. The van der Waals surface area contributed by atoms with Crippen molar-refractivity contribution in [2.75, 3.05) is 33.0 Å². The van der Waals surface area contributed by atoms with Crippen LogP contribution < -0.4 is 5.73 Å². The molecule has 336 valence electrons. The molecule has 8 nitrogen and oxygen atoms in total. The molecule has 0 aromatic heterocycles. The lowest BCUT2D eigenvalue weighted by Crippen LogP contribution is -2.28. The second-order valence-electron chi connectivity index (χ2n) is 15.2. The van der Waals surface area contributed by atoms with E-state index in [1.165, 1.54) is 89.9 Å². The number of carbonyl (C=O) groups is 1. The number of hydrogen-bond donors (Lipinski definition) is 2. The first kappa shape index (κ1) is 55.9. The zero-order valence-electron chi connectivity index (χ0n) is 37.3. The van der Waals surface area contributed by atoms with Gasteiger partial charge < -0.3 is 20.1 Å². The van der Waals surface area contributed by atoms with Crippen LogP contribution in [0.4, 0.5) is 0 Å². The van der Waals surface area contributed by atoms with Crippen molar-refractivity contribution < 1.29 is 32.8 Å². The van der Waals surface area contributed by atoms with Crippen LogP contribution in [0.5, 0.6) is 0 Å². The molecule has 0 bridgehead atoms. The molecule has 0 aliphatic rings. The average molecular weight is 834 g/mol. The van der Waals surface area contributed by atoms with Gasteiger partial charge in [0.2, 0.25) is 0 Å². The number of hydrogen-bond acceptors (Lipinski definition) is 7. The number of phosphoric ester groups is 1. The Labute approximate surface area is 356 Å². The number of rotatable bonds is 44. The van der Waals surface area contributed by atoms with Crippen molar-refractivity contribution in [2.24, 2.45) is 5.73 Å². The molecule has 2 atom stereocenters. The van der Waals surface area contributed by atoms with Crippen LogP contribution in [0.2, 0.25) is 0 Å². The van der Waals surface area contributed by atoms with Gasteiger partial charge in [-0.15, -0.1) is 0 Å². The number of phosphoric acid groups is 1. The predicted octanol–water partition coefficient (Wildman–Crippen LogP) is 14.3. The maximum atomic E-state index is 12.6. The van der Waals surface area contributed by atoms with Crippen molar-refractivity contribution in [1.29, 1.82) is 0 Å². The SMILES string of the molecule is CC/C=C\C/C=C\C/C=C\C/C=C\CCCCCCCCCCCCCOCC(COP(=O)(O)OCCN)OC(=O)CCCCCCC/C=C\C/C=C\CCCCC. The van der Waals surface area contributed by atoms with Crippen LogP contribution in [-0.4, -0.2) is 49.9 Å². The van der Waals surface area contributed by atoms with Crippen LogP contribution in [0.25, 0.3) is 0 Å². The Morgan fingerprint density at radius 3 is 1.45 bits per heavy atom. The summed E-state index contributed by atoms with van der Waals surface area (Å²) in [5.74, 6) is -0.347. The molecular formula is C49H88NO7P. The van der Waals surface area contributed by atoms with E-state index in [1.54, 1.807) is 0 Å². The summed E-state index contributed by atoms with van der Waals surface area (Å²) in [5, 5.41) is 0. The predicted molar refractivity (Wildman–Crippen MR) is 247 cm³/mol. The molecule has 2 unspecified atom stereocenters. The number of esters is 1. The molecule has 0 rings (SSSR count). The number of nitrogens with two attached hydrogens (primary N) is 1. The van der Waals surface area contributed by atoms with Crippen LogP contribution in [0.1, 0.15) is 194 Å². The quantitative estimate of drug-likeness (QED) is 0.0270. The number of carbonyl (C=O) groups excluding carboxylic acids is 1. The van der Waals surface area contributed by atoms with E-state index in [9.17, 15) is 14.3 Å². The fourth-order valence-corrected chi connectivity index (χ4v) is 6.96. The number of allylic oxidation sites excluding steroid dienone is 12. The van der Waals surface area contributed by atoms with Crippen molar-refractivity contribution >= 4 is 13.8 Å². The van der Waals surface area contributed by atoms with Gasteiger partial charge in [0.25, 0.3) is 0 Å². The highest BCUT2D eigenvalue weighted by Crippen LogP contribution is 2.43. The standard InChI is InChI=1S/C49H88NO7P/c1-3-5-7-9-11-13-15-17-19-20-21-22-23-24-25-26-27-29-31-33-35-37-39-41-44-54-46-48(47-56-58(52,53)55-45-43-50)57-49(51)42-40-38-36-34-32-30-28-18-16-14-12-10-8-6-4-2/h5,7,11-14,17-19,21-22,28,48H,3-4,6,8-10,15-16,20,23-27,29-47,50H2,1-2H3,(H,52,53)/b7-5-,13-11-,14-12-,19-17-,22-21-,28-18-. The summed E-state index contributed by atoms with van der Waals surface area (Å²) in [4.78, 5) is 22.5. The van der Waals surface area contributed by atoms with Crippen molar-refractivity contribution in [2.45, 2.75) is 200 Å². The highest BCUT2D eigenvalue weighted by molar-refractivity contribution is 7.47. The summed E-state index contributed by atoms with van der Waals surface area (Å²) < 4.78 is 33.5. The number of ether oxygens (including phenoxy) is 2. The third kappa shape index (κ3) is 45.0. The van der Waals surface area contributed by atoms with Gasteiger partial charge in [-0.25, -0.2) is 4.57 Å². The van der Waals surface area contributed by atoms with Gasteiger partial charge in [-0.2, -0.15) is 0 Å². The molecule has 0 saturated heterocycles. The van der Waals surface area contributed by atoms with E-state index in [1.807, 2.05) is 0 Å². The molecule has 0 aliphatic heterocycles. The van der Waals surface area contributed by atoms with E-state index in [4.69, 9.17) is 24.3 Å². The van der Waals surface area contributed by atoms with Gasteiger partial charge in [-0.3, -0.25) is 13.8 Å². The van der Waals surface area contributed by atoms with Crippen LogP contribution in [-0.2, 0) is 27.9 Å². The summed E-state index contributed by atoms with van der Waals surface area (Å²) >= 11 is 0. The fraction of sp³-hybridized carbons (Fsp3) is 0.735. The van der Waals surface area contributed by atoms with E-state index in [-0.39, 0.29) is 32.3 Å². The van der Waals surface area contributed by atoms with Gasteiger partial charge in [0.05, 0.1) is 19.8 Å². The molecule has 0 radical (unpaired) electrons. The highest BCUT2D eigenvalue weighted by atomic mass is 31.2. The molecule has 0 aromatic rings. The van der Waals surface area contributed by atoms with Crippen LogP contribution in [0.15, 0.2) is 72.9 Å². The fourth-order valence-electron chi connectivity index (χ4n) is 6.19. The zero-order chi connectivity index (χ0) is 42.3. The molecule has 3 N–H and O–H groups in total. The first-order valence-electron chi connectivity index (χ1n) is 23.4. The minimum absolute atomic E-state index is 0.0944. The lowest BCUT2D eigenvalue weighted by molar-refractivity contribution is -0.154. The Morgan fingerprint density at radius 1 is 0.534 bits per heavy atom. The maximum Gasteiger partial charge on any atom is 0.472 e. The van der Waals surface area contributed by atoms with Gasteiger partial charge in [0.1, 0.15) is 6.10 Å². The molecule has 0 heterocycles. The first-order valence-corrected chi connectivity index (χ1v) is 24.9. The topological polar surface area (TPSA) is 117 Å². The Kier molecular flexibility index (Phi) is 44.4. The van der Waals surface area contributed by atoms with Gasteiger partial charge in [0.15, 0.2) is 0 Å². The van der Waals surface area contributed by atoms with Crippen LogP contribution >= 0.6 is 7.82 Å². The van der Waals surface area contributed by atoms with E-state index >= 15 is 0 Å². The molecule has 9 heteroatoms. The molecule has 0 aromatic carbocycles. The van der Waals surface area contributed by atoms with E-state index in [2.05, 4.69) is 86.8 Å². The highest BCUT2D eigenvalue weighted by Gasteiger charge is 2.25. The zero-order valence-corrected chi connectivity index (χ0v) is 38.2. The van der Waals surface area contributed by atoms with Crippen molar-refractivity contribution in [3.05, 3.63) is 72.9 Å². The summed E-state index contributed by atoms with van der Waals surface area (Å²) in [6.07, 6.45) is 57.8. The minimum atomic E-state index is -4.29. The normalized spacial score (nSPS) is 14.1. The number of unbranched alkanes of at least 4 members (excludes halogenated alkanes) is 19. The molecular weight excluding hydrogens is 746 g/mol. The Bertz CT molecular complexity index is 1120. The summed E-state index contributed by atoms with van der Waals surface area (Å²) in [5.41, 5.74) is 5.38. The smallest absolute Gasteiger partial charge is 0.457 e. The lowest BCUT2D eigenvalue weighted by Gasteiger charge is -2.20. The summed E-state index contributed by atoms with van der Waals surface area (Å²) in [6.45, 7) is 4.75. The monoisotopic (exact) mass is 834 g/mol. The minimum Gasteiger partial charge on any atom is -0.457 e. The average Bonchev–Trinajstić information content (AvgIpc) is 3.21. The van der Waals surface area contributed by atoms with Crippen LogP contribution in [0.3, 0.4) is 0 Å². The van der Waals surface area contributed by atoms with Crippen molar-refractivity contribution in [1.82, 2.24) is 0 Å². The molecule has 0 amide bonds. The largest absolute Gasteiger partial charge is 0.472 e.